The molecule has 1 atom stereocenters. The Bertz CT molecular complexity index is 454. The molecule has 2 N–H and O–H groups in total. The Balaban J connectivity index is 2.48. The monoisotopic (exact) mass is 253 g/mol. The van der Waals surface area contributed by atoms with Crippen molar-refractivity contribution in [2.45, 2.75) is 38.8 Å². The summed E-state index contributed by atoms with van der Waals surface area (Å²) in [6, 6.07) is 1.59. The molecule has 0 saturated heterocycles. The second kappa shape index (κ2) is 6.30. The number of nitrogens with one attached hydrogen (secondary N) is 1. The average Bonchev–Trinajstić information content (AvgIpc) is 2.30. The van der Waals surface area contributed by atoms with Crippen LogP contribution in [-0.2, 0) is 11.3 Å². The highest BCUT2D eigenvalue weighted by Crippen LogP contribution is 2.09. The number of nitrogens with zero attached hydrogens (tertiary/aromatic N) is 2. The normalized spacial score (nSPS) is 13.9. The Kier molecular flexibility index (Phi) is 5.03. The quantitative estimate of drug-likeness (QED) is 0.742. The van der Waals surface area contributed by atoms with Gasteiger partial charge in [-0.05, 0) is 19.4 Å². The van der Waals surface area contributed by atoms with E-state index in [9.17, 15) is 14.7 Å². The smallest absolute Gasteiger partial charge is 0.347 e. The van der Waals surface area contributed by atoms with Crippen molar-refractivity contribution in [1.29, 1.82) is 0 Å². The Hall–Kier alpha value is -1.69. The summed E-state index contributed by atoms with van der Waals surface area (Å²) in [5.74, 6) is -0.318. The summed E-state index contributed by atoms with van der Waals surface area (Å²) in [6.45, 7) is 3.72. The Morgan fingerprint density at radius 3 is 2.94 bits per heavy atom. The van der Waals surface area contributed by atoms with Crippen molar-refractivity contribution in [3.63, 3.8) is 0 Å². The van der Waals surface area contributed by atoms with Crippen LogP contribution in [0.2, 0.25) is 0 Å². The van der Waals surface area contributed by atoms with Crippen LogP contribution in [0.15, 0.2) is 23.3 Å². The van der Waals surface area contributed by atoms with E-state index in [1.165, 1.54) is 17.0 Å². The summed E-state index contributed by atoms with van der Waals surface area (Å²) in [5, 5.41) is 12.5. The standard InChI is InChI=1S/C12H19N3O3/c1-3-5-12(2,18)9-14-10(16)8-15-7-4-6-13-11(15)17/h4,6-7,18H,3,5,8-9H2,1-2H3,(H,14,16). The van der Waals surface area contributed by atoms with Crippen molar-refractivity contribution in [3.8, 4) is 0 Å². The maximum atomic E-state index is 11.6. The van der Waals surface area contributed by atoms with E-state index in [4.69, 9.17) is 0 Å². The van der Waals surface area contributed by atoms with Crippen LogP contribution in [0.1, 0.15) is 26.7 Å². The molecule has 0 aliphatic carbocycles. The van der Waals surface area contributed by atoms with Crippen LogP contribution in [-0.4, -0.2) is 32.7 Å². The van der Waals surface area contributed by atoms with Gasteiger partial charge in [-0.1, -0.05) is 13.3 Å². The summed E-state index contributed by atoms with van der Waals surface area (Å²) in [5.41, 5.74) is -1.38. The number of rotatable bonds is 6. The van der Waals surface area contributed by atoms with E-state index in [1.807, 2.05) is 6.92 Å². The number of aliphatic hydroxyl groups is 1. The highest BCUT2D eigenvalue weighted by molar-refractivity contribution is 5.75. The minimum Gasteiger partial charge on any atom is -0.388 e. The third kappa shape index (κ3) is 4.67. The van der Waals surface area contributed by atoms with E-state index >= 15 is 0 Å². The Labute approximate surface area is 106 Å². The predicted molar refractivity (Wildman–Crippen MR) is 67.0 cm³/mol. The lowest BCUT2D eigenvalue weighted by molar-refractivity contribution is -0.122. The number of carbonyl (C=O) groups is 1. The van der Waals surface area contributed by atoms with E-state index in [2.05, 4.69) is 10.3 Å². The first kappa shape index (κ1) is 14.4. The number of aromatic nitrogens is 2. The van der Waals surface area contributed by atoms with E-state index in [1.54, 1.807) is 13.0 Å². The summed E-state index contributed by atoms with van der Waals surface area (Å²) in [4.78, 5) is 26.4. The van der Waals surface area contributed by atoms with Crippen LogP contribution in [0.3, 0.4) is 0 Å². The lowest BCUT2D eigenvalue weighted by Crippen LogP contribution is -2.42. The fourth-order valence-electron chi connectivity index (χ4n) is 1.63. The average molecular weight is 253 g/mol. The molecule has 6 heteroatoms. The van der Waals surface area contributed by atoms with Gasteiger partial charge in [0.25, 0.3) is 0 Å². The molecule has 0 saturated carbocycles. The molecular weight excluding hydrogens is 234 g/mol. The first-order chi connectivity index (χ1) is 8.44. The van der Waals surface area contributed by atoms with Gasteiger partial charge in [0.15, 0.2) is 0 Å². The molecule has 0 radical (unpaired) electrons. The van der Waals surface area contributed by atoms with Crippen LogP contribution in [0, 0.1) is 0 Å². The third-order valence-corrected chi connectivity index (χ3v) is 2.55. The number of amides is 1. The zero-order valence-corrected chi connectivity index (χ0v) is 10.7. The molecule has 1 amide bonds. The molecule has 0 spiro atoms. The molecule has 0 fully saturated rings. The summed E-state index contributed by atoms with van der Waals surface area (Å²) >= 11 is 0. The first-order valence-corrected chi connectivity index (χ1v) is 5.95. The second-order valence-electron chi connectivity index (χ2n) is 4.55. The van der Waals surface area contributed by atoms with Crippen molar-refractivity contribution in [3.05, 3.63) is 28.9 Å². The van der Waals surface area contributed by atoms with E-state index in [-0.39, 0.29) is 19.0 Å². The van der Waals surface area contributed by atoms with Crippen LogP contribution in [0.25, 0.3) is 0 Å². The van der Waals surface area contributed by atoms with E-state index in [0.717, 1.165) is 6.42 Å². The molecule has 1 rings (SSSR count). The van der Waals surface area contributed by atoms with Gasteiger partial charge >= 0.3 is 5.69 Å². The highest BCUT2D eigenvalue weighted by atomic mass is 16.3. The van der Waals surface area contributed by atoms with E-state index in [0.29, 0.717) is 6.42 Å². The summed E-state index contributed by atoms with van der Waals surface area (Å²) in [6.07, 6.45) is 4.33. The molecule has 1 heterocycles. The molecule has 0 bridgehead atoms. The molecule has 6 nitrogen and oxygen atoms in total. The molecule has 18 heavy (non-hydrogen) atoms. The SMILES string of the molecule is CCCC(C)(O)CNC(=O)Cn1cccnc1=O. The van der Waals surface area contributed by atoms with Gasteiger partial charge in [-0.15, -0.1) is 0 Å². The van der Waals surface area contributed by atoms with Gasteiger partial charge in [-0.2, -0.15) is 0 Å². The molecular formula is C12H19N3O3. The maximum absolute atomic E-state index is 11.6. The van der Waals surface area contributed by atoms with Crippen molar-refractivity contribution in [2.75, 3.05) is 6.54 Å². The van der Waals surface area contributed by atoms with Crippen molar-refractivity contribution >= 4 is 5.91 Å². The van der Waals surface area contributed by atoms with Crippen molar-refractivity contribution in [2.24, 2.45) is 0 Å². The lowest BCUT2D eigenvalue weighted by Gasteiger charge is -2.22. The van der Waals surface area contributed by atoms with Crippen LogP contribution >= 0.6 is 0 Å². The minimum atomic E-state index is -0.912. The molecule has 0 aliphatic rings. The van der Waals surface area contributed by atoms with Gasteiger partial charge in [0.05, 0.1) is 5.60 Å². The Morgan fingerprint density at radius 2 is 2.33 bits per heavy atom. The highest BCUT2D eigenvalue weighted by Gasteiger charge is 2.19. The molecule has 0 aromatic carbocycles. The van der Waals surface area contributed by atoms with Gasteiger partial charge in [0, 0.05) is 18.9 Å². The molecule has 100 valence electrons. The molecule has 1 aromatic heterocycles. The fourth-order valence-corrected chi connectivity index (χ4v) is 1.63. The topological polar surface area (TPSA) is 84.2 Å². The first-order valence-electron chi connectivity index (χ1n) is 5.95. The van der Waals surface area contributed by atoms with Gasteiger partial charge in [0.1, 0.15) is 6.54 Å². The van der Waals surface area contributed by atoms with Crippen LogP contribution in [0.4, 0.5) is 0 Å². The summed E-state index contributed by atoms with van der Waals surface area (Å²) < 4.78 is 1.21. The molecule has 1 unspecified atom stereocenters. The zero-order chi connectivity index (χ0) is 13.6. The zero-order valence-electron chi connectivity index (χ0n) is 10.7. The Morgan fingerprint density at radius 1 is 1.61 bits per heavy atom. The van der Waals surface area contributed by atoms with Gasteiger partial charge in [-0.25, -0.2) is 9.78 Å². The summed E-state index contributed by atoms with van der Waals surface area (Å²) in [7, 11) is 0. The number of hydrogen-bond donors (Lipinski definition) is 2. The second-order valence-corrected chi connectivity index (χ2v) is 4.55. The largest absolute Gasteiger partial charge is 0.388 e. The fraction of sp³-hybridized carbons (Fsp3) is 0.583. The lowest BCUT2D eigenvalue weighted by atomic mass is 10.0. The van der Waals surface area contributed by atoms with E-state index < -0.39 is 11.3 Å². The van der Waals surface area contributed by atoms with Crippen molar-refractivity contribution in [1.82, 2.24) is 14.9 Å². The van der Waals surface area contributed by atoms with Crippen LogP contribution < -0.4 is 11.0 Å². The van der Waals surface area contributed by atoms with Gasteiger partial charge in [0.2, 0.25) is 5.91 Å². The van der Waals surface area contributed by atoms with Gasteiger partial charge < -0.3 is 10.4 Å². The molecule has 0 aliphatic heterocycles. The number of carbonyl (C=O) groups excluding carboxylic acids is 1. The minimum absolute atomic E-state index is 0.0884. The maximum Gasteiger partial charge on any atom is 0.347 e. The van der Waals surface area contributed by atoms with Gasteiger partial charge in [-0.3, -0.25) is 9.36 Å². The van der Waals surface area contributed by atoms with Crippen LogP contribution in [0.5, 0.6) is 0 Å². The number of hydrogen-bond acceptors (Lipinski definition) is 4. The van der Waals surface area contributed by atoms with Crippen molar-refractivity contribution < 1.29 is 9.90 Å². The third-order valence-electron chi connectivity index (χ3n) is 2.55. The molecule has 1 aromatic rings. The predicted octanol–water partition coefficient (Wildman–Crippen LogP) is -0.0894.